The highest BCUT2D eigenvalue weighted by Gasteiger charge is 2.15. The van der Waals surface area contributed by atoms with Gasteiger partial charge in [0.1, 0.15) is 11.6 Å². The minimum Gasteiger partial charge on any atom is -0.467 e. The smallest absolute Gasteiger partial charge is 0.294 e. The molecular formula is C8H13N3OS. The first kappa shape index (κ1) is 8.90. The SMILES string of the molecule is Cc1nnc(OCC2CCCN2)s1. The van der Waals surface area contributed by atoms with Crippen molar-refractivity contribution in [3.05, 3.63) is 5.01 Å². The van der Waals surface area contributed by atoms with Gasteiger partial charge in [0.15, 0.2) is 0 Å². The zero-order chi connectivity index (χ0) is 9.10. The van der Waals surface area contributed by atoms with E-state index in [0.717, 1.165) is 11.6 Å². The van der Waals surface area contributed by atoms with Gasteiger partial charge in [-0.25, -0.2) is 0 Å². The van der Waals surface area contributed by atoms with E-state index < -0.39 is 0 Å². The fraction of sp³-hybridized carbons (Fsp3) is 0.750. The van der Waals surface area contributed by atoms with Crippen LogP contribution in [0.15, 0.2) is 0 Å². The predicted molar refractivity (Wildman–Crippen MR) is 51.2 cm³/mol. The number of nitrogens with zero attached hydrogens (tertiary/aromatic N) is 2. The molecule has 1 aliphatic heterocycles. The highest BCUT2D eigenvalue weighted by Crippen LogP contribution is 2.17. The molecule has 0 amide bonds. The van der Waals surface area contributed by atoms with Crippen LogP contribution < -0.4 is 10.1 Å². The van der Waals surface area contributed by atoms with Crippen molar-refractivity contribution >= 4 is 11.3 Å². The summed E-state index contributed by atoms with van der Waals surface area (Å²) in [5.74, 6) is 0. The lowest BCUT2D eigenvalue weighted by Gasteiger charge is -2.08. The molecule has 1 saturated heterocycles. The lowest BCUT2D eigenvalue weighted by atomic mass is 10.2. The maximum atomic E-state index is 5.49. The van der Waals surface area contributed by atoms with Crippen LogP contribution in [-0.4, -0.2) is 29.4 Å². The first-order valence-corrected chi connectivity index (χ1v) is 5.32. The van der Waals surface area contributed by atoms with E-state index in [4.69, 9.17) is 4.74 Å². The molecule has 0 radical (unpaired) electrons. The van der Waals surface area contributed by atoms with Crippen LogP contribution in [0.25, 0.3) is 0 Å². The van der Waals surface area contributed by atoms with E-state index in [1.54, 1.807) is 0 Å². The van der Waals surface area contributed by atoms with E-state index in [1.807, 2.05) is 6.92 Å². The monoisotopic (exact) mass is 199 g/mol. The number of nitrogens with one attached hydrogen (secondary N) is 1. The molecule has 1 aromatic rings. The molecule has 13 heavy (non-hydrogen) atoms. The minimum atomic E-state index is 0.504. The van der Waals surface area contributed by atoms with Gasteiger partial charge in [0.05, 0.1) is 0 Å². The normalized spacial score (nSPS) is 22.1. The zero-order valence-corrected chi connectivity index (χ0v) is 8.43. The van der Waals surface area contributed by atoms with E-state index in [9.17, 15) is 0 Å². The van der Waals surface area contributed by atoms with E-state index in [1.165, 1.54) is 24.2 Å². The number of hydrogen-bond donors (Lipinski definition) is 1. The molecule has 0 aliphatic carbocycles. The highest BCUT2D eigenvalue weighted by atomic mass is 32.1. The number of aryl methyl sites for hydroxylation is 1. The van der Waals surface area contributed by atoms with Gasteiger partial charge in [-0.1, -0.05) is 11.3 Å². The predicted octanol–water partition coefficient (Wildman–Crippen LogP) is 0.977. The van der Waals surface area contributed by atoms with Crippen molar-refractivity contribution in [3.63, 3.8) is 0 Å². The van der Waals surface area contributed by atoms with Gasteiger partial charge in [0, 0.05) is 6.04 Å². The maximum absolute atomic E-state index is 5.49. The Kier molecular flexibility index (Phi) is 2.75. The summed E-state index contributed by atoms with van der Waals surface area (Å²) >= 11 is 1.50. The molecule has 0 saturated carbocycles. The van der Waals surface area contributed by atoms with Crippen LogP contribution in [0.5, 0.6) is 5.19 Å². The fourth-order valence-electron chi connectivity index (χ4n) is 1.41. The molecule has 4 nitrogen and oxygen atoms in total. The second-order valence-electron chi connectivity index (χ2n) is 3.19. The summed E-state index contributed by atoms with van der Waals surface area (Å²) in [5.41, 5.74) is 0. The maximum Gasteiger partial charge on any atom is 0.294 e. The molecule has 72 valence electrons. The van der Waals surface area contributed by atoms with Crippen LogP contribution in [0, 0.1) is 6.92 Å². The van der Waals surface area contributed by atoms with Crippen molar-refractivity contribution < 1.29 is 4.74 Å². The third-order valence-electron chi connectivity index (χ3n) is 2.08. The van der Waals surface area contributed by atoms with Crippen molar-refractivity contribution in [2.45, 2.75) is 25.8 Å². The van der Waals surface area contributed by atoms with Crippen LogP contribution in [0.4, 0.5) is 0 Å². The number of rotatable bonds is 3. The van der Waals surface area contributed by atoms with Gasteiger partial charge < -0.3 is 10.1 Å². The zero-order valence-electron chi connectivity index (χ0n) is 7.62. The van der Waals surface area contributed by atoms with Gasteiger partial charge >= 0.3 is 0 Å². The van der Waals surface area contributed by atoms with E-state index in [2.05, 4.69) is 15.5 Å². The number of aromatic nitrogens is 2. The second-order valence-corrected chi connectivity index (χ2v) is 4.34. The van der Waals surface area contributed by atoms with E-state index >= 15 is 0 Å². The van der Waals surface area contributed by atoms with Gasteiger partial charge in [-0.05, 0) is 26.3 Å². The van der Waals surface area contributed by atoms with Crippen molar-refractivity contribution in [1.82, 2.24) is 15.5 Å². The summed E-state index contributed by atoms with van der Waals surface area (Å²) < 4.78 is 5.49. The van der Waals surface area contributed by atoms with Crippen molar-refractivity contribution in [1.29, 1.82) is 0 Å². The number of ether oxygens (including phenoxy) is 1. The molecule has 1 atom stereocenters. The van der Waals surface area contributed by atoms with Gasteiger partial charge in [-0.3, -0.25) is 0 Å². The average Bonchev–Trinajstić information content (AvgIpc) is 2.71. The number of hydrogen-bond acceptors (Lipinski definition) is 5. The molecule has 1 aromatic heterocycles. The van der Waals surface area contributed by atoms with Crippen molar-refractivity contribution in [3.8, 4) is 5.19 Å². The Balaban J connectivity index is 1.78. The third-order valence-corrected chi connectivity index (χ3v) is 2.83. The molecule has 1 aliphatic rings. The Hall–Kier alpha value is -0.680. The molecule has 1 N–H and O–H groups in total. The van der Waals surface area contributed by atoms with Gasteiger partial charge in [-0.15, -0.1) is 10.2 Å². The first-order chi connectivity index (χ1) is 6.34. The second kappa shape index (κ2) is 4.02. The molecule has 1 fully saturated rings. The van der Waals surface area contributed by atoms with Crippen molar-refractivity contribution in [2.24, 2.45) is 0 Å². The van der Waals surface area contributed by atoms with Gasteiger partial charge in [0.25, 0.3) is 5.19 Å². The standard InChI is InChI=1S/C8H13N3OS/c1-6-10-11-8(13-6)12-5-7-3-2-4-9-7/h7,9H,2-5H2,1H3. The summed E-state index contributed by atoms with van der Waals surface area (Å²) in [4.78, 5) is 0. The minimum absolute atomic E-state index is 0.504. The highest BCUT2D eigenvalue weighted by molar-refractivity contribution is 7.12. The van der Waals surface area contributed by atoms with Crippen LogP contribution in [0.2, 0.25) is 0 Å². The van der Waals surface area contributed by atoms with Gasteiger partial charge in [0.2, 0.25) is 0 Å². The van der Waals surface area contributed by atoms with Gasteiger partial charge in [-0.2, -0.15) is 0 Å². The summed E-state index contributed by atoms with van der Waals surface area (Å²) in [6.45, 7) is 3.76. The molecule has 2 heterocycles. The summed E-state index contributed by atoms with van der Waals surface area (Å²) in [7, 11) is 0. The molecule has 0 spiro atoms. The molecule has 5 heteroatoms. The van der Waals surface area contributed by atoms with Crippen molar-refractivity contribution in [2.75, 3.05) is 13.2 Å². The lowest BCUT2D eigenvalue weighted by molar-refractivity contribution is 0.274. The summed E-state index contributed by atoms with van der Waals surface area (Å²) in [5, 5.41) is 12.8. The Morgan fingerprint density at radius 3 is 3.15 bits per heavy atom. The van der Waals surface area contributed by atoms with Crippen LogP contribution >= 0.6 is 11.3 Å². The summed E-state index contributed by atoms with van der Waals surface area (Å²) in [6.07, 6.45) is 2.46. The fourth-order valence-corrected chi connectivity index (χ4v) is 1.95. The molecule has 1 unspecified atom stereocenters. The quantitative estimate of drug-likeness (QED) is 0.788. The topological polar surface area (TPSA) is 47.0 Å². The Morgan fingerprint density at radius 1 is 1.62 bits per heavy atom. The van der Waals surface area contributed by atoms with E-state index in [0.29, 0.717) is 17.8 Å². The van der Waals surface area contributed by atoms with Crippen LogP contribution in [0.3, 0.4) is 0 Å². The first-order valence-electron chi connectivity index (χ1n) is 4.51. The van der Waals surface area contributed by atoms with Crippen LogP contribution in [-0.2, 0) is 0 Å². The Morgan fingerprint density at radius 2 is 2.54 bits per heavy atom. The Bertz CT molecular complexity index is 270. The third kappa shape index (κ3) is 2.38. The molecule has 2 rings (SSSR count). The lowest BCUT2D eigenvalue weighted by Crippen LogP contribution is -2.28. The molecular weight excluding hydrogens is 186 g/mol. The molecule has 0 bridgehead atoms. The van der Waals surface area contributed by atoms with E-state index in [-0.39, 0.29) is 0 Å². The largest absolute Gasteiger partial charge is 0.467 e. The Labute approximate surface area is 81.3 Å². The molecule has 0 aromatic carbocycles. The average molecular weight is 199 g/mol. The van der Waals surface area contributed by atoms with Crippen LogP contribution in [0.1, 0.15) is 17.8 Å². The summed E-state index contributed by atoms with van der Waals surface area (Å²) in [6, 6.07) is 0.504.